The fourth-order valence-corrected chi connectivity index (χ4v) is 2.53. The third-order valence-corrected chi connectivity index (χ3v) is 3.64. The summed E-state index contributed by atoms with van der Waals surface area (Å²) < 4.78 is 0. The van der Waals surface area contributed by atoms with E-state index in [0.717, 1.165) is 25.2 Å². The van der Waals surface area contributed by atoms with Gasteiger partial charge in [0.25, 0.3) is 0 Å². The van der Waals surface area contributed by atoms with Crippen LogP contribution in [-0.2, 0) is 9.59 Å². The Kier molecular flexibility index (Phi) is 7.46. The van der Waals surface area contributed by atoms with Gasteiger partial charge < -0.3 is 10.4 Å². The van der Waals surface area contributed by atoms with Crippen molar-refractivity contribution in [1.82, 2.24) is 5.32 Å². The van der Waals surface area contributed by atoms with Crippen molar-refractivity contribution in [2.45, 2.75) is 64.2 Å². The number of nitrogens with one attached hydrogen (secondary N) is 1. The van der Waals surface area contributed by atoms with Crippen molar-refractivity contribution in [3.05, 3.63) is 0 Å². The third kappa shape index (κ3) is 7.30. The van der Waals surface area contributed by atoms with E-state index in [2.05, 4.69) is 5.32 Å². The largest absolute Gasteiger partial charge is 0.481 e. The van der Waals surface area contributed by atoms with Gasteiger partial charge in [-0.3, -0.25) is 9.59 Å². The minimum Gasteiger partial charge on any atom is -0.481 e. The quantitative estimate of drug-likeness (QED) is 0.622. The summed E-state index contributed by atoms with van der Waals surface area (Å²) in [6, 6.07) is 0. The van der Waals surface area contributed by atoms with Gasteiger partial charge >= 0.3 is 5.97 Å². The van der Waals surface area contributed by atoms with Crippen LogP contribution in [0, 0.1) is 5.92 Å². The van der Waals surface area contributed by atoms with E-state index in [4.69, 9.17) is 5.11 Å². The Morgan fingerprint density at radius 3 is 2.44 bits per heavy atom. The lowest BCUT2D eigenvalue weighted by Crippen LogP contribution is -2.24. The molecule has 1 rings (SSSR count). The van der Waals surface area contributed by atoms with Gasteiger partial charge in [0.15, 0.2) is 0 Å². The second kappa shape index (κ2) is 8.95. The van der Waals surface area contributed by atoms with E-state index < -0.39 is 5.97 Å². The Hall–Kier alpha value is -1.06. The standard InChI is InChI=1S/C14H25NO3/c16-13(10-9-12-6-3-4-7-12)15-11-5-1-2-8-14(17)18/h12H,1-11H2,(H,15,16)(H,17,18). The average Bonchev–Trinajstić information content (AvgIpc) is 2.83. The van der Waals surface area contributed by atoms with Crippen LogP contribution in [0.2, 0.25) is 0 Å². The third-order valence-electron chi connectivity index (χ3n) is 3.64. The molecule has 0 heterocycles. The van der Waals surface area contributed by atoms with E-state index >= 15 is 0 Å². The second-order valence-electron chi connectivity index (χ2n) is 5.24. The highest BCUT2D eigenvalue weighted by molar-refractivity contribution is 5.75. The number of unbranched alkanes of at least 4 members (excludes halogenated alkanes) is 2. The molecule has 4 heteroatoms. The number of hydrogen-bond donors (Lipinski definition) is 2. The maximum atomic E-state index is 11.5. The van der Waals surface area contributed by atoms with Crippen molar-refractivity contribution in [2.24, 2.45) is 5.92 Å². The second-order valence-corrected chi connectivity index (χ2v) is 5.24. The fraction of sp³-hybridized carbons (Fsp3) is 0.857. The van der Waals surface area contributed by atoms with E-state index in [1.165, 1.54) is 25.7 Å². The van der Waals surface area contributed by atoms with E-state index in [0.29, 0.717) is 19.4 Å². The molecule has 1 aliphatic rings. The van der Waals surface area contributed by atoms with Crippen LogP contribution in [0.25, 0.3) is 0 Å². The SMILES string of the molecule is O=C(O)CCCCCNC(=O)CCC1CCCC1. The summed E-state index contributed by atoms with van der Waals surface area (Å²) >= 11 is 0. The summed E-state index contributed by atoms with van der Waals surface area (Å²) in [6.45, 7) is 0.684. The first-order valence-electron chi connectivity index (χ1n) is 7.17. The van der Waals surface area contributed by atoms with Crippen molar-refractivity contribution in [3.63, 3.8) is 0 Å². The van der Waals surface area contributed by atoms with Crippen molar-refractivity contribution in [3.8, 4) is 0 Å². The van der Waals surface area contributed by atoms with Crippen molar-refractivity contribution in [1.29, 1.82) is 0 Å². The molecule has 0 unspecified atom stereocenters. The van der Waals surface area contributed by atoms with Crippen molar-refractivity contribution < 1.29 is 14.7 Å². The number of aliphatic carboxylic acids is 1. The molecule has 1 saturated carbocycles. The van der Waals surface area contributed by atoms with Crippen LogP contribution in [0.3, 0.4) is 0 Å². The fourth-order valence-electron chi connectivity index (χ4n) is 2.53. The summed E-state index contributed by atoms with van der Waals surface area (Å²) in [6.07, 6.45) is 9.61. The van der Waals surface area contributed by atoms with Gasteiger partial charge in [-0.15, -0.1) is 0 Å². The van der Waals surface area contributed by atoms with Gasteiger partial charge in [0.2, 0.25) is 5.91 Å². The lowest BCUT2D eigenvalue weighted by molar-refractivity contribution is -0.137. The lowest BCUT2D eigenvalue weighted by Gasteiger charge is -2.08. The van der Waals surface area contributed by atoms with Crippen LogP contribution in [0.5, 0.6) is 0 Å². The summed E-state index contributed by atoms with van der Waals surface area (Å²) in [5.74, 6) is 0.182. The normalized spacial score (nSPS) is 15.8. The topological polar surface area (TPSA) is 66.4 Å². The van der Waals surface area contributed by atoms with E-state index in [1.807, 2.05) is 0 Å². The molecule has 0 aliphatic heterocycles. The van der Waals surface area contributed by atoms with E-state index in [-0.39, 0.29) is 12.3 Å². The average molecular weight is 255 g/mol. The molecular formula is C14H25NO3. The predicted octanol–water partition coefficient (Wildman–Crippen LogP) is 2.72. The smallest absolute Gasteiger partial charge is 0.303 e. The lowest BCUT2D eigenvalue weighted by atomic mass is 10.0. The van der Waals surface area contributed by atoms with Crippen LogP contribution in [0.15, 0.2) is 0 Å². The summed E-state index contributed by atoms with van der Waals surface area (Å²) in [7, 11) is 0. The Morgan fingerprint density at radius 1 is 1.06 bits per heavy atom. The van der Waals surface area contributed by atoms with Gasteiger partial charge in [0.1, 0.15) is 0 Å². The van der Waals surface area contributed by atoms with Crippen LogP contribution in [0.1, 0.15) is 64.2 Å². The highest BCUT2D eigenvalue weighted by atomic mass is 16.4. The molecule has 0 aromatic carbocycles. The van der Waals surface area contributed by atoms with Crippen LogP contribution in [-0.4, -0.2) is 23.5 Å². The van der Waals surface area contributed by atoms with E-state index in [1.54, 1.807) is 0 Å². The molecule has 4 nitrogen and oxygen atoms in total. The zero-order valence-corrected chi connectivity index (χ0v) is 11.1. The minimum absolute atomic E-state index is 0.153. The molecule has 0 spiro atoms. The number of carbonyl (C=O) groups excluding carboxylic acids is 1. The first-order chi connectivity index (χ1) is 8.68. The number of carboxylic acids is 1. The summed E-state index contributed by atoms with van der Waals surface area (Å²) in [4.78, 5) is 21.8. The van der Waals surface area contributed by atoms with E-state index in [9.17, 15) is 9.59 Å². The molecule has 0 aromatic heterocycles. The number of carboxylic acid groups (broad SMARTS) is 1. The monoisotopic (exact) mass is 255 g/mol. The highest BCUT2D eigenvalue weighted by Gasteiger charge is 2.15. The van der Waals surface area contributed by atoms with Crippen LogP contribution >= 0.6 is 0 Å². The molecule has 1 amide bonds. The maximum Gasteiger partial charge on any atom is 0.303 e. The number of rotatable bonds is 9. The summed E-state index contributed by atoms with van der Waals surface area (Å²) in [5, 5.41) is 11.4. The molecule has 0 atom stereocenters. The first kappa shape index (κ1) is 15.0. The Balaban J connectivity index is 1.88. The zero-order valence-electron chi connectivity index (χ0n) is 11.1. The van der Waals surface area contributed by atoms with Gasteiger partial charge in [-0.05, 0) is 25.2 Å². The predicted molar refractivity (Wildman–Crippen MR) is 70.3 cm³/mol. The molecule has 1 fully saturated rings. The zero-order chi connectivity index (χ0) is 13.2. The first-order valence-corrected chi connectivity index (χ1v) is 7.17. The number of carbonyl (C=O) groups is 2. The molecule has 104 valence electrons. The maximum absolute atomic E-state index is 11.5. The Labute approximate surface area is 109 Å². The number of amides is 1. The molecule has 18 heavy (non-hydrogen) atoms. The molecular weight excluding hydrogens is 230 g/mol. The molecule has 0 saturated heterocycles. The van der Waals surface area contributed by atoms with Crippen molar-refractivity contribution >= 4 is 11.9 Å². The molecule has 0 radical (unpaired) electrons. The molecule has 2 N–H and O–H groups in total. The minimum atomic E-state index is -0.740. The summed E-state index contributed by atoms with van der Waals surface area (Å²) in [5.41, 5.74) is 0. The highest BCUT2D eigenvalue weighted by Crippen LogP contribution is 2.28. The molecule has 0 bridgehead atoms. The van der Waals surface area contributed by atoms with Gasteiger partial charge in [-0.1, -0.05) is 32.1 Å². The Morgan fingerprint density at radius 2 is 1.78 bits per heavy atom. The van der Waals surface area contributed by atoms with Crippen LogP contribution < -0.4 is 5.32 Å². The van der Waals surface area contributed by atoms with Gasteiger partial charge in [0, 0.05) is 19.4 Å². The Bertz CT molecular complexity index is 260. The molecule has 0 aromatic rings. The van der Waals surface area contributed by atoms with Crippen molar-refractivity contribution in [2.75, 3.05) is 6.54 Å². The van der Waals surface area contributed by atoms with Gasteiger partial charge in [0.05, 0.1) is 0 Å². The van der Waals surface area contributed by atoms with Gasteiger partial charge in [-0.25, -0.2) is 0 Å². The molecule has 1 aliphatic carbocycles. The number of hydrogen-bond acceptors (Lipinski definition) is 2. The van der Waals surface area contributed by atoms with Crippen LogP contribution in [0.4, 0.5) is 0 Å². The van der Waals surface area contributed by atoms with Gasteiger partial charge in [-0.2, -0.15) is 0 Å².